The van der Waals surface area contributed by atoms with Gasteiger partial charge in [-0.2, -0.15) is 0 Å². The number of hydrogen-bond acceptors (Lipinski definition) is 5. The van der Waals surface area contributed by atoms with Crippen LogP contribution >= 0.6 is 0 Å². The standard InChI is InChI=1S/C13H26N2O4/c1-10(9-19-3)15(6-7-18-2)8-12(13(16)17)14-11-4-5-11/h10-12,14H,4-9H2,1-3H3,(H,16,17). The van der Waals surface area contributed by atoms with Crippen LogP contribution in [-0.4, -0.2) is 74.6 Å². The van der Waals surface area contributed by atoms with Gasteiger partial charge in [0, 0.05) is 39.4 Å². The number of ether oxygens (including phenoxy) is 2. The Bertz CT molecular complexity index is 271. The van der Waals surface area contributed by atoms with E-state index in [1.807, 2.05) is 6.92 Å². The van der Waals surface area contributed by atoms with Crippen molar-refractivity contribution in [1.82, 2.24) is 10.2 Å². The fourth-order valence-electron chi connectivity index (χ4n) is 2.02. The molecule has 1 saturated carbocycles. The third kappa shape index (κ3) is 6.33. The molecule has 0 spiro atoms. The van der Waals surface area contributed by atoms with Crippen molar-refractivity contribution in [2.24, 2.45) is 0 Å². The molecule has 0 heterocycles. The Morgan fingerprint density at radius 3 is 2.58 bits per heavy atom. The number of aliphatic carboxylic acids is 1. The van der Waals surface area contributed by atoms with E-state index in [2.05, 4.69) is 10.2 Å². The van der Waals surface area contributed by atoms with Crippen molar-refractivity contribution < 1.29 is 19.4 Å². The first-order valence-electron chi connectivity index (χ1n) is 6.79. The van der Waals surface area contributed by atoms with E-state index in [0.29, 0.717) is 32.3 Å². The topological polar surface area (TPSA) is 71.0 Å². The zero-order valence-corrected chi connectivity index (χ0v) is 12.1. The van der Waals surface area contributed by atoms with Crippen molar-refractivity contribution in [2.45, 2.75) is 37.9 Å². The zero-order chi connectivity index (χ0) is 14.3. The van der Waals surface area contributed by atoms with E-state index < -0.39 is 12.0 Å². The maximum absolute atomic E-state index is 11.3. The van der Waals surface area contributed by atoms with E-state index >= 15 is 0 Å². The quantitative estimate of drug-likeness (QED) is 0.560. The number of hydrogen-bond donors (Lipinski definition) is 2. The molecule has 19 heavy (non-hydrogen) atoms. The van der Waals surface area contributed by atoms with Gasteiger partial charge in [-0.25, -0.2) is 0 Å². The van der Waals surface area contributed by atoms with Gasteiger partial charge in [-0.3, -0.25) is 9.69 Å². The molecule has 0 saturated heterocycles. The highest BCUT2D eigenvalue weighted by Crippen LogP contribution is 2.19. The number of methoxy groups -OCH3 is 2. The third-order valence-corrected chi connectivity index (χ3v) is 3.34. The van der Waals surface area contributed by atoms with Crippen molar-refractivity contribution in [3.8, 4) is 0 Å². The molecule has 2 unspecified atom stereocenters. The van der Waals surface area contributed by atoms with Crippen LogP contribution in [0.5, 0.6) is 0 Å². The van der Waals surface area contributed by atoms with Gasteiger partial charge in [0.1, 0.15) is 6.04 Å². The maximum atomic E-state index is 11.3. The molecule has 6 nitrogen and oxygen atoms in total. The molecule has 1 aliphatic rings. The molecule has 1 fully saturated rings. The minimum Gasteiger partial charge on any atom is -0.480 e. The first kappa shape index (κ1) is 16.4. The minimum atomic E-state index is -0.793. The van der Waals surface area contributed by atoms with Gasteiger partial charge in [0.05, 0.1) is 13.2 Å². The first-order valence-corrected chi connectivity index (χ1v) is 6.79. The zero-order valence-electron chi connectivity index (χ0n) is 12.1. The summed E-state index contributed by atoms with van der Waals surface area (Å²) in [6.45, 7) is 4.38. The number of carbonyl (C=O) groups is 1. The number of nitrogens with zero attached hydrogens (tertiary/aromatic N) is 1. The average molecular weight is 274 g/mol. The lowest BCUT2D eigenvalue weighted by Crippen LogP contribution is -2.51. The Morgan fingerprint density at radius 1 is 1.42 bits per heavy atom. The highest BCUT2D eigenvalue weighted by atomic mass is 16.5. The molecule has 0 aromatic rings. The molecule has 112 valence electrons. The van der Waals surface area contributed by atoms with E-state index in [-0.39, 0.29) is 6.04 Å². The molecule has 1 rings (SSSR count). The molecular formula is C13H26N2O4. The second-order valence-electron chi connectivity index (χ2n) is 5.12. The third-order valence-electron chi connectivity index (χ3n) is 3.34. The van der Waals surface area contributed by atoms with E-state index in [1.165, 1.54) is 0 Å². The summed E-state index contributed by atoms with van der Waals surface area (Å²) in [5.74, 6) is -0.793. The summed E-state index contributed by atoms with van der Waals surface area (Å²) in [7, 11) is 3.30. The van der Waals surface area contributed by atoms with Gasteiger partial charge in [-0.05, 0) is 19.8 Å². The normalized spacial score (nSPS) is 18.5. The molecule has 6 heteroatoms. The van der Waals surface area contributed by atoms with Gasteiger partial charge in [0.15, 0.2) is 0 Å². The van der Waals surface area contributed by atoms with Crippen LogP contribution in [0.15, 0.2) is 0 Å². The molecule has 0 amide bonds. The summed E-state index contributed by atoms with van der Waals surface area (Å²) in [4.78, 5) is 13.4. The first-order chi connectivity index (χ1) is 9.08. The van der Waals surface area contributed by atoms with Crippen molar-refractivity contribution in [3.63, 3.8) is 0 Å². The van der Waals surface area contributed by atoms with E-state index in [1.54, 1.807) is 14.2 Å². The van der Waals surface area contributed by atoms with Gasteiger partial charge in [0.2, 0.25) is 0 Å². The lowest BCUT2D eigenvalue weighted by molar-refractivity contribution is -0.140. The predicted octanol–water partition coefficient (Wildman–Crippen LogP) is 0.175. The van der Waals surface area contributed by atoms with E-state index in [0.717, 1.165) is 12.8 Å². The molecular weight excluding hydrogens is 248 g/mol. The van der Waals surface area contributed by atoms with Crippen molar-refractivity contribution in [3.05, 3.63) is 0 Å². The number of carboxylic acid groups (broad SMARTS) is 1. The van der Waals surface area contributed by atoms with Gasteiger partial charge >= 0.3 is 5.97 Å². The summed E-state index contributed by atoms with van der Waals surface area (Å²) in [5, 5.41) is 12.5. The summed E-state index contributed by atoms with van der Waals surface area (Å²) < 4.78 is 10.2. The Morgan fingerprint density at radius 2 is 2.11 bits per heavy atom. The van der Waals surface area contributed by atoms with Crippen molar-refractivity contribution >= 4 is 5.97 Å². The van der Waals surface area contributed by atoms with Gasteiger partial charge in [-0.1, -0.05) is 0 Å². The highest BCUT2D eigenvalue weighted by molar-refractivity contribution is 5.73. The maximum Gasteiger partial charge on any atom is 0.322 e. The summed E-state index contributed by atoms with van der Waals surface area (Å²) in [6, 6.07) is 0.0229. The predicted molar refractivity (Wildman–Crippen MR) is 72.4 cm³/mol. The van der Waals surface area contributed by atoms with E-state index in [4.69, 9.17) is 9.47 Å². The number of carboxylic acids is 1. The fourth-order valence-corrected chi connectivity index (χ4v) is 2.02. The largest absolute Gasteiger partial charge is 0.480 e. The average Bonchev–Trinajstić information content (AvgIpc) is 3.16. The Labute approximate surface area is 115 Å². The molecule has 2 atom stereocenters. The van der Waals surface area contributed by atoms with Crippen molar-refractivity contribution in [2.75, 3.05) is 40.5 Å². The van der Waals surface area contributed by atoms with Crippen LogP contribution < -0.4 is 5.32 Å². The lowest BCUT2D eigenvalue weighted by atomic mass is 10.2. The fraction of sp³-hybridized carbons (Fsp3) is 0.923. The SMILES string of the molecule is COCCN(CC(NC1CC1)C(=O)O)C(C)COC. The Hall–Kier alpha value is -0.690. The summed E-state index contributed by atoms with van der Waals surface area (Å²) in [6.07, 6.45) is 2.16. The molecule has 0 aromatic carbocycles. The van der Waals surface area contributed by atoms with Gasteiger partial charge < -0.3 is 19.9 Å². The van der Waals surface area contributed by atoms with Crippen LogP contribution in [0.1, 0.15) is 19.8 Å². The van der Waals surface area contributed by atoms with Crippen LogP contribution in [-0.2, 0) is 14.3 Å². The lowest BCUT2D eigenvalue weighted by Gasteiger charge is -2.31. The van der Waals surface area contributed by atoms with Gasteiger partial charge in [-0.15, -0.1) is 0 Å². The van der Waals surface area contributed by atoms with E-state index in [9.17, 15) is 9.90 Å². The van der Waals surface area contributed by atoms with Crippen LogP contribution in [0, 0.1) is 0 Å². The van der Waals surface area contributed by atoms with Crippen LogP contribution in [0.3, 0.4) is 0 Å². The Balaban J connectivity index is 2.52. The van der Waals surface area contributed by atoms with Gasteiger partial charge in [0.25, 0.3) is 0 Å². The molecule has 0 aliphatic heterocycles. The number of rotatable bonds is 11. The second-order valence-corrected chi connectivity index (χ2v) is 5.12. The second kappa shape index (κ2) is 8.47. The molecule has 0 aromatic heterocycles. The minimum absolute atomic E-state index is 0.169. The van der Waals surface area contributed by atoms with Crippen LogP contribution in [0.25, 0.3) is 0 Å². The Kier molecular flexibility index (Phi) is 7.30. The highest BCUT2D eigenvalue weighted by Gasteiger charge is 2.30. The van der Waals surface area contributed by atoms with Crippen LogP contribution in [0.2, 0.25) is 0 Å². The molecule has 0 radical (unpaired) electrons. The smallest absolute Gasteiger partial charge is 0.322 e. The monoisotopic (exact) mass is 274 g/mol. The summed E-state index contributed by atoms with van der Waals surface area (Å²) >= 11 is 0. The molecule has 2 N–H and O–H groups in total. The summed E-state index contributed by atoms with van der Waals surface area (Å²) in [5.41, 5.74) is 0. The van der Waals surface area contributed by atoms with Crippen molar-refractivity contribution in [1.29, 1.82) is 0 Å². The molecule has 1 aliphatic carbocycles. The number of nitrogens with one attached hydrogen (secondary N) is 1. The molecule has 0 bridgehead atoms. The van der Waals surface area contributed by atoms with Crippen LogP contribution in [0.4, 0.5) is 0 Å².